The van der Waals surface area contributed by atoms with Crippen LogP contribution in [0.15, 0.2) is 48.5 Å². The summed E-state index contributed by atoms with van der Waals surface area (Å²) in [6, 6.07) is 15.6. The number of carbonyl (C=O) groups excluding carboxylic acids is 2. The number of hydrogen-bond acceptors (Lipinski definition) is 8. The van der Waals surface area contributed by atoms with Crippen molar-refractivity contribution in [1.82, 2.24) is 0 Å². The molecule has 2 aromatic rings. The van der Waals surface area contributed by atoms with Crippen LogP contribution in [0.3, 0.4) is 0 Å². The minimum atomic E-state index is -0.324. The van der Waals surface area contributed by atoms with Gasteiger partial charge in [-0.15, -0.1) is 0 Å². The molecule has 0 spiro atoms. The Balaban J connectivity index is 1.71. The van der Waals surface area contributed by atoms with Crippen LogP contribution in [0.25, 0.3) is 0 Å². The van der Waals surface area contributed by atoms with Crippen LogP contribution in [0.4, 0.5) is 0 Å². The Morgan fingerprint density at radius 2 is 0.977 bits per heavy atom. The largest absolute Gasteiger partial charge is 0.461 e. The third-order valence-electron chi connectivity index (χ3n) is 7.27. The van der Waals surface area contributed by atoms with Crippen molar-refractivity contribution in [2.75, 3.05) is 13.2 Å². The molecule has 0 aliphatic heterocycles. The van der Waals surface area contributed by atoms with E-state index < -0.39 is 0 Å². The first-order valence-corrected chi connectivity index (χ1v) is 16.3. The number of esters is 2. The van der Waals surface area contributed by atoms with E-state index >= 15 is 0 Å². The molecule has 0 aromatic heterocycles. The van der Waals surface area contributed by atoms with E-state index in [2.05, 4.69) is 13.8 Å². The second-order valence-electron chi connectivity index (χ2n) is 11.1. The second kappa shape index (κ2) is 21.8. The van der Waals surface area contributed by atoms with Gasteiger partial charge in [-0.3, -0.25) is 9.59 Å². The van der Waals surface area contributed by atoms with Crippen molar-refractivity contribution in [1.29, 1.82) is 0 Å². The zero-order valence-electron chi connectivity index (χ0n) is 27.7. The highest BCUT2D eigenvalue weighted by molar-refractivity contribution is 5.70. The average Bonchev–Trinajstić information content (AvgIpc) is 3.01. The van der Waals surface area contributed by atoms with Crippen molar-refractivity contribution in [3.8, 4) is 0 Å². The molecule has 0 N–H and O–H groups in total. The molecule has 0 saturated heterocycles. The van der Waals surface area contributed by atoms with Crippen molar-refractivity contribution >= 4 is 11.9 Å². The highest BCUT2D eigenvalue weighted by Crippen LogP contribution is 2.25. The monoisotopic (exact) mass is 614 g/mol. The van der Waals surface area contributed by atoms with E-state index in [0.717, 1.165) is 47.9 Å². The van der Waals surface area contributed by atoms with Gasteiger partial charge < -0.3 is 28.4 Å². The fourth-order valence-electron chi connectivity index (χ4n) is 4.71. The van der Waals surface area contributed by atoms with E-state index in [0.29, 0.717) is 26.1 Å². The number of hydrogen-bond donors (Lipinski definition) is 0. The first-order valence-electron chi connectivity index (χ1n) is 16.3. The molecule has 0 fully saturated rings. The van der Waals surface area contributed by atoms with Gasteiger partial charge in [0.1, 0.15) is 13.2 Å². The standard InChI is InChI=1S/C36H54O8/c1-7-9-23-39-29(5)43-27(3)33-19-13-11-17-31(33)25-41-35(37)21-15-16-22-36(38)42-26-32-18-12-14-20-34(32)28(4)44-30(6)40-24-10-8-2/h11-14,17-20,27-30H,7-10,15-16,21-26H2,1-6H3. The first kappa shape index (κ1) is 37.4. The summed E-state index contributed by atoms with van der Waals surface area (Å²) in [5, 5.41) is 0. The van der Waals surface area contributed by atoms with Gasteiger partial charge in [0.15, 0.2) is 12.6 Å². The summed E-state index contributed by atoms with van der Waals surface area (Å²) in [6.07, 6.45) is 4.63. The van der Waals surface area contributed by atoms with Crippen LogP contribution >= 0.6 is 0 Å². The summed E-state index contributed by atoms with van der Waals surface area (Å²) >= 11 is 0. The lowest BCUT2D eigenvalue weighted by atomic mass is 10.0. The molecule has 2 rings (SSSR count). The highest BCUT2D eigenvalue weighted by atomic mass is 16.7. The lowest BCUT2D eigenvalue weighted by Crippen LogP contribution is -2.17. The Hall–Kier alpha value is -2.78. The topological polar surface area (TPSA) is 89.5 Å². The van der Waals surface area contributed by atoms with Crippen molar-refractivity contribution < 1.29 is 38.0 Å². The fraction of sp³-hybridized carbons (Fsp3) is 0.611. The van der Waals surface area contributed by atoms with Gasteiger partial charge in [0, 0.05) is 26.1 Å². The highest BCUT2D eigenvalue weighted by Gasteiger charge is 2.17. The molecule has 0 amide bonds. The lowest BCUT2D eigenvalue weighted by molar-refractivity contribution is -0.158. The third kappa shape index (κ3) is 14.8. The number of unbranched alkanes of at least 4 members (excludes halogenated alkanes) is 3. The molecule has 0 aliphatic rings. The average molecular weight is 615 g/mol. The minimum Gasteiger partial charge on any atom is -0.461 e. The fourth-order valence-corrected chi connectivity index (χ4v) is 4.71. The van der Waals surface area contributed by atoms with Crippen LogP contribution in [0.5, 0.6) is 0 Å². The van der Waals surface area contributed by atoms with Crippen LogP contribution < -0.4 is 0 Å². The molecule has 44 heavy (non-hydrogen) atoms. The molecule has 246 valence electrons. The predicted molar refractivity (Wildman–Crippen MR) is 171 cm³/mol. The Morgan fingerprint density at radius 1 is 0.591 bits per heavy atom. The minimum absolute atomic E-state index is 0.168. The Morgan fingerprint density at radius 3 is 1.36 bits per heavy atom. The lowest BCUT2D eigenvalue weighted by Gasteiger charge is -2.22. The van der Waals surface area contributed by atoms with Gasteiger partial charge in [0.2, 0.25) is 0 Å². The van der Waals surface area contributed by atoms with E-state index in [9.17, 15) is 9.59 Å². The van der Waals surface area contributed by atoms with Crippen LogP contribution in [0, 0.1) is 0 Å². The first-order chi connectivity index (χ1) is 21.2. The molecule has 0 aliphatic carbocycles. The smallest absolute Gasteiger partial charge is 0.306 e. The van der Waals surface area contributed by atoms with E-state index in [1.807, 2.05) is 76.2 Å². The van der Waals surface area contributed by atoms with Crippen molar-refractivity contribution in [3.05, 3.63) is 70.8 Å². The molecule has 8 nitrogen and oxygen atoms in total. The molecule has 8 heteroatoms. The Labute approximate surface area is 264 Å². The number of ether oxygens (including phenoxy) is 6. The van der Waals surface area contributed by atoms with Crippen LogP contribution in [-0.4, -0.2) is 37.7 Å². The normalized spacial score (nSPS) is 14.0. The molecule has 0 radical (unpaired) electrons. The van der Waals surface area contributed by atoms with Crippen molar-refractivity contribution in [3.63, 3.8) is 0 Å². The molecule has 0 bridgehead atoms. The Kier molecular flexibility index (Phi) is 18.6. The van der Waals surface area contributed by atoms with E-state index in [-0.39, 0.29) is 62.8 Å². The van der Waals surface area contributed by atoms with Gasteiger partial charge in [-0.2, -0.15) is 0 Å². The predicted octanol–water partition coefficient (Wildman–Crippen LogP) is 8.51. The molecule has 0 saturated carbocycles. The van der Waals surface area contributed by atoms with Crippen molar-refractivity contribution in [2.45, 2.75) is 131 Å². The van der Waals surface area contributed by atoms with Crippen LogP contribution in [-0.2, 0) is 51.2 Å². The van der Waals surface area contributed by atoms with E-state index in [1.165, 1.54) is 0 Å². The molecule has 4 unspecified atom stereocenters. The maximum Gasteiger partial charge on any atom is 0.306 e. The molecular weight excluding hydrogens is 560 g/mol. The number of rotatable bonds is 23. The molecular formula is C36H54O8. The molecule has 4 atom stereocenters. The second-order valence-corrected chi connectivity index (χ2v) is 11.1. The van der Waals surface area contributed by atoms with Gasteiger partial charge in [-0.25, -0.2) is 0 Å². The summed E-state index contributed by atoms with van der Waals surface area (Å²) in [7, 11) is 0. The third-order valence-corrected chi connectivity index (χ3v) is 7.27. The van der Waals surface area contributed by atoms with Gasteiger partial charge >= 0.3 is 11.9 Å². The quantitative estimate of drug-likeness (QED) is 0.0699. The summed E-state index contributed by atoms with van der Waals surface area (Å²) in [5.41, 5.74) is 3.73. The summed E-state index contributed by atoms with van der Waals surface area (Å²) in [5.74, 6) is -0.595. The van der Waals surface area contributed by atoms with E-state index in [1.54, 1.807) is 0 Å². The van der Waals surface area contributed by atoms with Crippen LogP contribution in [0.2, 0.25) is 0 Å². The van der Waals surface area contributed by atoms with Crippen LogP contribution in [0.1, 0.15) is 127 Å². The van der Waals surface area contributed by atoms with Gasteiger partial charge in [-0.1, -0.05) is 75.2 Å². The number of benzene rings is 2. The summed E-state index contributed by atoms with van der Waals surface area (Å²) in [4.78, 5) is 24.8. The molecule has 0 heterocycles. The van der Waals surface area contributed by atoms with E-state index in [4.69, 9.17) is 28.4 Å². The Bertz CT molecular complexity index is 1000. The summed E-state index contributed by atoms with van der Waals surface area (Å²) in [6.45, 7) is 13.6. The zero-order chi connectivity index (χ0) is 32.2. The van der Waals surface area contributed by atoms with Gasteiger partial charge in [0.05, 0.1) is 12.2 Å². The van der Waals surface area contributed by atoms with Gasteiger partial charge in [0.25, 0.3) is 0 Å². The van der Waals surface area contributed by atoms with Crippen molar-refractivity contribution in [2.24, 2.45) is 0 Å². The van der Waals surface area contributed by atoms with Gasteiger partial charge in [-0.05, 0) is 75.6 Å². The maximum absolute atomic E-state index is 12.4. The summed E-state index contributed by atoms with van der Waals surface area (Å²) < 4.78 is 34.5. The SMILES string of the molecule is CCCCOC(C)OC(C)c1ccccc1COC(=O)CCCCC(=O)OCc1ccccc1C(C)OC(C)OCCCC. The maximum atomic E-state index is 12.4. The zero-order valence-corrected chi connectivity index (χ0v) is 27.7. The number of carbonyl (C=O) groups is 2. The molecule has 2 aromatic carbocycles.